The number of hydrogen-bond acceptors (Lipinski definition) is 3. The van der Waals surface area contributed by atoms with Crippen molar-refractivity contribution in [2.75, 3.05) is 39.4 Å². The van der Waals surface area contributed by atoms with Crippen LogP contribution in [0.15, 0.2) is 12.2 Å². The predicted molar refractivity (Wildman–Crippen MR) is 64.2 cm³/mol. The summed E-state index contributed by atoms with van der Waals surface area (Å²) >= 11 is 0. The number of rotatable bonds is 6. The maximum Gasteiger partial charge on any atom is 0.0672 e. The fourth-order valence-electron chi connectivity index (χ4n) is 1.81. The Balaban J connectivity index is 2.07. The molecule has 0 aliphatic carbocycles. The van der Waals surface area contributed by atoms with Crippen molar-refractivity contribution in [3.05, 3.63) is 12.2 Å². The van der Waals surface area contributed by atoms with Gasteiger partial charge in [0, 0.05) is 32.2 Å². The van der Waals surface area contributed by atoms with E-state index in [2.05, 4.69) is 23.7 Å². The minimum absolute atomic E-state index is 0.667. The van der Waals surface area contributed by atoms with Crippen molar-refractivity contribution in [2.45, 2.75) is 26.3 Å². The number of nitrogens with zero attached hydrogens (tertiary/aromatic N) is 1. The van der Waals surface area contributed by atoms with Crippen LogP contribution in [0.4, 0.5) is 0 Å². The molecule has 0 bridgehead atoms. The van der Waals surface area contributed by atoms with E-state index in [0.29, 0.717) is 12.6 Å². The highest BCUT2D eigenvalue weighted by molar-refractivity contribution is 4.87. The molecule has 1 aliphatic rings. The Bertz CT molecular complexity index is 194. The lowest BCUT2D eigenvalue weighted by Crippen LogP contribution is -2.51. The molecule has 1 atom stereocenters. The van der Waals surface area contributed by atoms with Crippen LogP contribution in [0.2, 0.25) is 0 Å². The van der Waals surface area contributed by atoms with E-state index in [9.17, 15) is 0 Å². The van der Waals surface area contributed by atoms with E-state index in [0.717, 1.165) is 38.4 Å². The molecule has 0 amide bonds. The Kier molecular flexibility index (Phi) is 5.91. The van der Waals surface area contributed by atoms with Gasteiger partial charge in [-0.3, -0.25) is 4.90 Å². The van der Waals surface area contributed by atoms with Crippen LogP contribution in [0.25, 0.3) is 0 Å². The average Bonchev–Trinajstić information content (AvgIpc) is 2.24. The lowest BCUT2D eigenvalue weighted by Gasteiger charge is -2.33. The molecule has 0 aromatic heterocycles. The summed E-state index contributed by atoms with van der Waals surface area (Å²) in [6.07, 6.45) is 1.21. The van der Waals surface area contributed by atoms with Gasteiger partial charge in [-0.15, -0.1) is 0 Å². The number of ether oxygens (including phenoxy) is 1. The fraction of sp³-hybridized carbons (Fsp3) is 0.833. The molecule has 0 spiro atoms. The van der Waals surface area contributed by atoms with E-state index in [1.54, 1.807) is 0 Å². The molecule has 1 fully saturated rings. The quantitative estimate of drug-likeness (QED) is 0.530. The summed E-state index contributed by atoms with van der Waals surface area (Å²) in [7, 11) is 0. The highest BCUT2D eigenvalue weighted by atomic mass is 16.5. The van der Waals surface area contributed by atoms with Crippen LogP contribution < -0.4 is 5.32 Å². The Hall–Kier alpha value is -0.380. The topological polar surface area (TPSA) is 24.5 Å². The molecule has 0 aromatic carbocycles. The zero-order chi connectivity index (χ0) is 11.1. The molecule has 1 unspecified atom stereocenters. The van der Waals surface area contributed by atoms with Crippen molar-refractivity contribution in [2.24, 2.45) is 0 Å². The summed E-state index contributed by atoms with van der Waals surface area (Å²) in [5.74, 6) is 0. The van der Waals surface area contributed by atoms with E-state index < -0.39 is 0 Å². The zero-order valence-electron chi connectivity index (χ0n) is 10.1. The number of hydrogen-bond donors (Lipinski definition) is 1. The van der Waals surface area contributed by atoms with E-state index in [1.807, 2.05) is 6.92 Å². The van der Waals surface area contributed by atoms with E-state index in [4.69, 9.17) is 4.74 Å². The molecule has 1 saturated heterocycles. The summed E-state index contributed by atoms with van der Waals surface area (Å²) in [5, 5.41) is 3.51. The summed E-state index contributed by atoms with van der Waals surface area (Å²) in [6, 6.07) is 0.667. The van der Waals surface area contributed by atoms with Crippen molar-refractivity contribution in [3.8, 4) is 0 Å². The smallest absolute Gasteiger partial charge is 0.0672 e. The van der Waals surface area contributed by atoms with Crippen LogP contribution in [0.3, 0.4) is 0 Å². The SMILES string of the molecule is C=C(C)COCCN1CCNC(CC)C1. The molecular formula is C12H24N2O. The third kappa shape index (κ3) is 5.30. The molecule has 1 heterocycles. The fourth-order valence-corrected chi connectivity index (χ4v) is 1.81. The third-order valence-electron chi connectivity index (χ3n) is 2.73. The molecule has 0 aromatic rings. The first-order chi connectivity index (χ1) is 7.22. The normalized spacial score (nSPS) is 22.9. The lowest BCUT2D eigenvalue weighted by atomic mass is 10.1. The highest BCUT2D eigenvalue weighted by Crippen LogP contribution is 2.01. The summed E-state index contributed by atoms with van der Waals surface area (Å²) in [5.41, 5.74) is 1.10. The van der Waals surface area contributed by atoms with Gasteiger partial charge in [-0.1, -0.05) is 19.1 Å². The number of nitrogens with one attached hydrogen (secondary N) is 1. The molecule has 88 valence electrons. The Morgan fingerprint density at radius 2 is 2.40 bits per heavy atom. The molecule has 3 heteroatoms. The van der Waals surface area contributed by atoms with E-state index >= 15 is 0 Å². The lowest BCUT2D eigenvalue weighted by molar-refractivity contribution is 0.104. The molecule has 15 heavy (non-hydrogen) atoms. The molecular weight excluding hydrogens is 188 g/mol. The highest BCUT2D eigenvalue weighted by Gasteiger charge is 2.16. The van der Waals surface area contributed by atoms with Crippen molar-refractivity contribution in [3.63, 3.8) is 0 Å². The third-order valence-corrected chi connectivity index (χ3v) is 2.73. The van der Waals surface area contributed by atoms with Crippen LogP contribution >= 0.6 is 0 Å². The molecule has 0 saturated carbocycles. The van der Waals surface area contributed by atoms with Crippen LogP contribution in [-0.2, 0) is 4.74 Å². The van der Waals surface area contributed by atoms with Gasteiger partial charge in [0.1, 0.15) is 0 Å². The van der Waals surface area contributed by atoms with Crippen LogP contribution in [-0.4, -0.2) is 50.3 Å². The maximum absolute atomic E-state index is 5.51. The molecule has 0 radical (unpaired) electrons. The van der Waals surface area contributed by atoms with Gasteiger partial charge in [-0.05, 0) is 13.3 Å². The summed E-state index contributed by atoms with van der Waals surface area (Å²) < 4.78 is 5.51. The maximum atomic E-state index is 5.51. The first-order valence-electron chi connectivity index (χ1n) is 5.90. The Labute approximate surface area is 93.5 Å². The Morgan fingerprint density at radius 3 is 3.07 bits per heavy atom. The van der Waals surface area contributed by atoms with Crippen molar-refractivity contribution >= 4 is 0 Å². The van der Waals surface area contributed by atoms with Crippen molar-refractivity contribution in [1.29, 1.82) is 0 Å². The molecule has 1 rings (SSSR count). The van der Waals surface area contributed by atoms with E-state index in [-0.39, 0.29) is 0 Å². The van der Waals surface area contributed by atoms with Crippen LogP contribution in [0.1, 0.15) is 20.3 Å². The van der Waals surface area contributed by atoms with E-state index in [1.165, 1.54) is 6.42 Å². The molecule has 3 nitrogen and oxygen atoms in total. The van der Waals surface area contributed by atoms with Gasteiger partial charge in [0.05, 0.1) is 13.2 Å². The largest absolute Gasteiger partial charge is 0.376 e. The summed E-state index contributed by atoms with van der Waals surface area (Å²) in [4.78, 5) is 2.48. The van der Waals surface area contributed by atoms with Gasteiger partial charge in [0.15, 0.2) is 0 Å². The van der Waals surface area contributed by atoms with Gasteiger partial charge in [-0.2, -0.15) is 0 Å². The zero-order valence-corrected chi connectivity index (χ0v) is 10.1. The van der Waals surface area contributed by atoms with Gasteiger partial charge in [-0.25, -0.2) is 0 Å². The van der Waals surface area contributed by atoms with Crippen molar-refractivity contribution < 1.29 is 4.74 Å². The monoisotopic (exact) mass is 212 g/mol. The number of piperazine rings is 1. The Morgan fingerprint density at radius 1 is 1.60 bits per heavy atom. The molecule has 1 aliphatic heterocycles. The second-order valence-corrected chi connectivity index (χ2v) is 4.37. The average molecular weight is 212 g/mol. The molecule has 1 N–H and O–H groups in total. The second kappa shape index (κ2) is 6.99. The van der Waals surface area contributed by atoms with Gasteiger partial charge >= 0.3 is 0 Å². The first-order valence-corrected chi connectivity index (χ1v) is 5.90. The standard InChI is InChI=1S/C12H24N2O/c1-4-12-9-14(6-5-13-12)7-8-15-10-11(2)3/h12-13H,2,4-10H2,1,3H3. The van der Waals surface area contributed by atoms with Crippen LogP contribution in [0.5, 0.6) is 0 Å². The van der Waals surface area contributed by atoms with Gasteiger partial charge < -0.3 is 10.1 Å². The van der Waals surface area contributed by atoms with Gasteiger partial charge in [0.25, 0.3) is 0 Å². The first kappa shape index (κ1) is 12.7. The van der Waals surface area contributed by atoms with Crippen LogP contribution in [0, 0.1) is 0 Å². The van der Waals surface area contributed by atoms with Gasteiger partial charge in [0.2, 0.25) is 0 Å². The minimum Gasteiger partial charge on any atom is -0.376 e. The van der Waals surface area contributed by atoms with Crippen molar-refractivity contribution in [1.82, 2.24) is 10.2 Å². The minimum atomic E-state index is 0.667. The predicted octanol–water partition coefficient (Wildman–Crippen LogP) is 1.26. The second-order valence-electron chi connectivity index (χ2n) is 4.37. The summed E-state index contributed by atoms with van der Waals surface area (Å²) in [6.45, 7) is 14.0.